The number of hydrogen-bond acceptors (Lipinski definition) is 0. The van der Waals surface area contributed by atoms with Crippen molar-refractivity contribution in [3.63, 3.8) is 0 Å². The molecule has 0 aliphatic heterocycles. The molecule has 0 amide bonds. The highest BCUT2D eigenvalue weighted by atomic mass is 13.9. The maximum atomic E-state index is 3.69. The van der Waals surface area contributed by atoms with Crippen molar-refractivity contribution in [2.24, 2.45) is 0 Å². The number of allylic oxidation sites excluding steroid dienone is 5. The average molecular weight is 164 g/mol. The van der Waals surface area contributed by atoms with Crippen LogP contribution < -0.4 is 0 Å². The van der Waals surface area contributed by atoms with E-state index in [4.69, 9.17) is 0 Å². The van der Waals surface area contributed by atoms with Crippen molar-refractivity contribution in [1.82, 2.24) is 0 Å². The van der Waals surface area contributed by atoms with Crippen LogP contribution in [0.3, 0.4) is 0 Å². The molecule has 0 heterocycles. The summed E-state index contributed by atoms with van der Waals surface area (Å²) in [6.45, 7) is 8.08. The van der Waals surface area contributed by atoms with Gasteiger partial charge in [0.25, 0.3) is 0 Å². The molecule has 12 heavy (non-hydrogen) atoms. The SMILES string of the molecule is C=CCC=C(C=CCCC)CC. The fourth-order valence-electron chi connectivity index (χ4n) is 0.966. The fourth-order valence-corrected chi connectivity index (χ4v) is 0.966. The molecular formula is C12H20. The van der Waals surface area contributed by atoms with Gasteiger partial charge in [0.15, 0.2) is 0 Å². The predicted octanol–water partition coefficient (Wildman–Crippen LogP) is 4.26. The van der Waals surface area contributed by atoms with E-state index in [2.05, 4.69) is 38.7 Å². The van der Waals surface area contributed by atoms with Gasteiger partial charge in [-0.25, -0.2) is 0 Å². The minimum atomic E-state index is 0.986. The highest BCUT2D eigenvalue weighted by molar-refractivity contribution is 5.18. The highest BCUT2D eigenvalue weighted by Crippen LogP contribution is 2.05. The van der Waals surface area contributed by atoms with Gasteiger partial charge in [0.2, 0.25) is 0 Å². The van der Waals surface area contributed by atoms with Crippen LogP contribution >= 0.6 is 0 Å². The molecule has 0 aliphatic rings. The van der Waals surface area contributed by atoms with Crippen LogP contribution in [0.1, 0.15) is 39.5 Å². The van der Waals surface area contributed by atoms with Gasteiger partial charge < -0.3 is 0 Å². The summed E-state index contributed by atoms with van der Waals surface area (Å²) in [6, 6.07) is 0. The predicted molar refractivity (Wildman–Crippen MR) is 57.2 cm³/mol. The molecule has 0 aliphatic carbocycles. The van der Waals surface area contributed by atoms with Crippen molar-refractivity contribution in [3.05, 3.63) is 36.5 Å². The van der Waals surface area contributed by atoms with Gasteiger partial charge in [0, 0.05) is 0 Å². The molecule has 0 aromatic rings. The van der Waals surface area contributed by atoms with Crippen LogP contribution in [-0.2, 0) is 0 Å². The maximum absolute atomic E-state index is 3.69. The van der Waals surface area contributed by atoms with E-state index in [1.165, 1.54) is 18.4 Å². The van der Waals surface area contributed by atoms with Crippen molar-refractivity contribution >= 4 is 0 Å². The number of rotatable bonds is 6. The molecule has 0 nitrogen and oxygen atoms in total. The van der Waals surface area contributed by atoms with E-state index in [1.54, 1.807) is 0 Å². The minimum absolute atomic E-state index is 0.986. The Morgan fingerprint density at radius 3 is 2.58 bits per heavy atom. The van der Waals surface area contributed by atoms with Crippen molar-refractivity contribution in [2.75, 3.05) is 0 Å². The lowest BCUT2D eigenvalue weighted by molar-refractivity contribution is 0.955. The molecular weight excluding hydrogens is 144 g/mol. The molecule has 0 bridgehead atoms. The van der Waals surface area contributed by atoms with Crippen LogP contribution in [0.5, 0.6) is 0 Å². The molecule has 0 rings (SSSR count). The standard InChI is InChI=1S/C12H20/c1-4-7-9-11-12(6-3)10-8-5-2/h5,9-11H,2,4,6-8H2,1,3H3. The third-order valence-electron chi connectivity index (χ3n) is 1.74. The Kier molecular flexibility index (Phi) is 7.78. The Morgan fingerprint density at radius 2 is 2.08 bits per heavy atom. The minimum Gasteiger partial charge on any atom is -0.103 e. The van der Waals surface area contributed by atoms with E-state index in [0.29, 0.717) is 0 Å². The Morgan fingerprint density at radius 1 is 1.33 bits per heavy atom. The summed E-state index contributed by atoms with van der Waals surface area (Å²) >= 11 is 0. The van der Waals surface area contributed by atoms with E-state index in [9.17, 15) is 0 Å². The van der Waals surface area contributed by atoms with Crippen LogP contribution in [0.15, 0.2) is 36.5 Å². The Balaban J connectivity index is 3.88. The van der Waals surface area contributed by atoms with Crippen LogP contribution in [0, 0.1) is 0 Å². The number of hydrogen-bond donors (Lipinski definition) is 0. The van der Waals surface area contributed by atoms with Gasteiger partial charge in [-0.2, -0.15) is 0 Å². The first-order chi connectivity index (χ1) is 5.85. The topological polar surface area (TPSA) is 0 Å². The van der Waals surface area contributed by atoms with Crippen LogP contribution in [-0.4, -0.2) is 0 Å². The van der Waals surface area contributed by atoms with Gasteiger partial charge in [0.05, 0.1) is 0 Å². The van der Waals surface area contributed by atoms with Gasteiger partial charge in [-0.3, -0.25) is 0 Å². The van der Waals surface area contributed by atoms with E-state index >= 15 is 0 Å². The lowest BCUT2D eigenvalue weighted by atomic mass is 10.1. The molecule has 0 heteroatoms. The van der Waals surface area contributed by atoms with Crippen molar-refractivity contribution in [1.29, 1.82) is 0 Å². The van der Waals surface area contributed by atoms with Crippen LogP contribution in [0.2, 0.25) is 0 Å². The van der Waals surface area contributed by atoms with Gasteiger partial charge >= 0.3 is 0 Å². The van der Waals surface area contributed by atoms with Crippen molar-refractivity contribution < 1.29 is 0 Å². The zero-order valence-corrected chi connectivity index (χ0v) is 8.34. The lowest BCUT2D eigenvalue weighted by Crippen LogP contribution is -1.74. The Hall–Kier alpha value is -0.780. The monoisotopic (exact) mass is 164 g/mol. The highest BCUT2D eigenvalue weighted by Gasteiger charge is 1.85. The Bertz CT molecular complexity index is 161. The van der Waals surface area contributed by atoms with E-state index in [1.807, 2.05) is 6.08 Å². The molecule has 0 saturated heterocycles. The van der Waals surface area contributed by atoms with Gasteiger partial charge in [-0.1, -0.05) is 50.1 Å². The van der Waals surface area contributed by atoms with Crippen LogP contribution in [0.25, 0.3) is 0 Å². The maximum Gasteiger partial charge on any atom is -0.0166 e. The second kappa shape index (κ2) is 8.32. The largest absolute Gasteiger partial charge is 0.103 e. The van der Waals surface area contributed by atoms with E-state index in [-0.39, 0.29) is 0 Å². The molecule has 68 valence electrons. The summed E-state index contributed by atoms with van der Waals surface area (Å²) < 4.78 is 0. The summed E-state index contributed by atoms with van der Waals surface area (Å²) in [5.41, 5.74) is 1.42. The van der Waals surface area contributed by atoms with Crippen LogP contribution in [0.4, 0.5) is 0 Å². The third-order valence-corrected chi connectivity index (χ3v) is 1.74. The summed E-state index contributed by atoms with van der Waals surface area (Å²) in [5, 5.41) is 0. The first-order valence-electron chi connectivity index (χ1n) is 4.81. The molecule has 0 aromatic heterocycles. The number of unbranched alkanes of at least 4 members (excludes halogenated alkanes) is 1. The zero-order valence-electron chi connectivity index (χ0n) is 8.34. The zero-order chi connectivity index (χ0) is 9.23. The lowest BCUT2D eigenvalue weighted by Gasteiger charge is -1.95. The summed E-state index contributed by atoms with van der Waals surface area (Å²) in [4.78, 5) is 0. The first-order valence-corrected chi connectivity index (χ1v) is 4.81. The molecule has 0 unspecified atom stereocenters. The van der Waals surface area contributed by atoms with Crippen molar-refractivity contribution in [3.8, 4) is 0 Å². The molecule has 0 radical (unpaired) electrons. The summed E-state index contributed by atoms with van der Waals surface area (Å²) in [7, 11) is 0. The molecule has 0 fully saturated rings. The first kappa shape index (κ1) is 11.2. The molecule has 0 saturated carbocycles. The Labute approximate surface area is 76.7 Å². The van der Waals surface area contributed by atoms with E-state index in [0.717, 1.165) is 12.8 Å². The third kappa shape index (κ3) is 5.96. The molecule has 0 spiro atoms. The van der Waals surface area contributed by atoms with E-state index < -0.39 is 0 Å². The normalized spacial score (nSPS) is 12.3. The summed E-state index contributed by atoms with van der Waals surface area (Å²) in [5.74, 6) is 0. The fraction of sp³-hybridized carbons (Fsp3) is 0.500. The molecule has 0 aromatic carbocycles. The van der Waals surface area contributed by atoms with Gasteiger partial charge in [-0.05, 0) is 19.3 Å². The van der Waals surface area contributed by atoms with Gasteiger partial charge in [0.1, 0.15) is 0 Å². The second-order valence-electron chi connectivity index (χ2n) is 2.85. The molecule has 0 atom stereocenters. The smallest absolute Gasteiger partial charge is 0.0166 e. The second-order valence-corrected chi connectivity index (χ2v) is 2.85. The summed E-state index contributed by atoms with van der Waals surface area (Å²) in [6.07, 6.45) is 13.2. The van der Waals surface area contributed by atoms with Gasteiger partial charge in [-0.15, -0.1) is 6.58 Å². The average Bonchev–Trinajstić information content (AvgIpc) is 2.11. The molecule has 0 N–H and O–H groups in total. The van der Waals surface area contributed by atoms with Crippen molar-refractivity contribution in [2.45, 2.75) is 39.5 Å². The quantitative estimate of drug-likeness (QED) is 0.406.